The molecule has 0 aliphatic carbocycles. The van der Waals surface area contributed by atoms with E-state index in [1.165, 1.54) is 103 Å². The fourth-order valence-corrected chi connectivity index (χ4v) is 9.21. The zero-order valence-electron chi connectivity index (χ0n) is 53.9. The molecule has 0 aliphatic rings. The molecule has 0 amide bonds. The van der Waals surface area contributed by atoms with Crippen LogP contribution in [0, 0.1) is 0 Å². The van der Waals surface area contributed by atoms with Crippen LogP contribution in [0.2, 0.25) is 0 Å². The first-order chi connectivity index (χ1) is 41.0. The van der Waals surface area contributed by atoms with Crippen molar-refractivity contribution >= 4 is 17.9 Å². The van der Waals surface area contributed by atoms with Crippen molar-refractivity contribution in [3.63, 3.8) is 0 Å². The quantitative estimate of drug-likeness (QED) is 0.0261. The summed E-state index contributed by atoms with van der Waals surface area (Å²) in [6.45, 7) is 6.48. The van der Waals surface area contributed by atoms with Crippen molar-refractivity contribution in [3.05, 3.63) is 146 Å². The minimum atomic E-state index is -0.800. The predicted molar refractivity (Wildman–Crippen MR) is 362 cm³/mol. The summed E-state index contributed by atoms with van der Waals surface area (Å²) >= 11 is 0. The van der Waals surface area contributed by atoms with Crippen LogP contribution in [-0.2, 0) is 28.6 Å². The van der Waals surface area contributed by atoms with Crippen LogP contribution < -0.4 is 0 Å². The van der Waals surface area contributed by atoms with Gasteiger partial charge in [0, 0.05) is 19.3 Å². The van der Waals surface area contributed by atoms with Crippen LogP contribution in [0.5, 0.6) is 0 Å². The fourth-order valence-electron chi connectivity index (χ4n) is 9.21. The molecule has 83 heavy (non-hydrogen) atoms. The van der Waals surface area contributed by atoms with Gasteiger partial charge in [-0.1, -0.05) is 301 Å². The van der Waals surface area contributed by atoms with Gasteiger partial charge in [0.15, 0.2) is 6.10 Å². The summed E-state index contributed by atoms with van der Waals surface area (Å²) in [5, 5.41) is 0. The van der Waals surface area contributed by atoms with Crippen molar-refractivity contribution in [2.75, 3.05) is 13.2 Å². The highest BCUT2D eigenvalue weighted by Crippen LogP contribution is 2.16. The van der Waals surface area contributed by atoms with Gasteiger partial charge < -0.3 is 14.2 Å². The Morgan fingerprint density at radius 2 is 0.470 bits per heavy atom. The number of hydrogen-bond acceptors (Lipinski definition) is 6. The number of allylic oxidation sites excluding steroid dienone is 24. The van der Waals surface area contributed by atoms with Crippen LogP contribution in [0.3, 0.4) is 0 Å². The molecule has 0 rings (SSSR count). The second-order valence-corrected chi connectivity index (χ2v) is 22.4. The minimum Gasteiger partial charge on any atom is -0.462 e. The number of unbranched alkanes of at least 4 members (excludes halogenated alkanes) is 26. The van der Waals surface area contributed by atoms with Gasteiger partial charge in [0.05, 0.1) is 0 Å². The molecule has 0 radical (unpaired) electrons. The van der Waals surface area contributed by atoms with Crippen LogP contribution in [-0.4, -0.2) is 37.2 Å². The second-order valence-electron chi connectivity index (χ2n) is 22.4. The summed E-state index contributed by atoms with van der Waals surface area (Å²) in [4.78, 5) is 38.3. The van der Waals surface area contributed by atoms with Crippen LogP contribution >= 0.6 is 0 Å². The van der Waals surface area contributed by atoms with Crippen molar-refractivity contribution < 1.29 is 28.6 Å². The number of rotatable bonds is 61. The molecular weight excluding hydrogens is 1020 g/mol. The number of ether oxygens (including phenoxy) is 3. The Morgan fingerprint density at radius 3 is 0.759 bits per heavy atom. The van der Waals surface area contributed by atoms with E-state index in [4.69, 9.17) is 14.2 Å². The van der Waals surface area contributed by atoms with Crippen LogP contribution in [0.4, 0.5) is 0 Å². The molecular formula is C77H126O6. The minimum absolute atomic E-state index is 0.0930. The number of carbonyl (C=O) groups is 3. The lowest BCUT2D eigenvalue weighted by molar-refractivity contribution is -0.167. The van der Waals surface area contributed by atoms with Gasteiger partial charge in [0.1, 0.15) is 13.2 Å². The summed E-state index contributed by atoms with van der Waals surface area (Å²) in [7, 11) is 0. The zero-order valence-corrected chi connectivity index (χ0v) is 53.9. The van der Waals surface area contributed by atoms with E-state index in [9.17, 15) is 14.4 Å². The molecule has 1 atom stereocenters. The first-order valence-electron chi connectivity index (χ1n) is 34.3. The fraction of sp³-hybridized carbons (Fsp3) is 0.649. The molecule has 0 saturated heterocycles. The van der Waals surface area contributed by atoms with Crippen molar-refractivity contribution in [2.45, 2.75) is 309 Å². The van der Waals surface area contributed by atoms with Crippen molar-refractivity contribution in [1.29, 1.82) is 0 Å². The maximum atomic E-state index is 12.9. The lowest BCUT2D eigenvalue weighted by Gasteiger charge is -2.18. The van der Waals surface area contributed by atoms with E-state index >= 15 is 0 Å². The highest BCUT2D eigenvalue weighted by Gasteiger charge is 2.19. The van der Waals surface area contributed by atoms with Gasteiger partial charge in [-0.15, -0.1) is 0 Å². The molecule has 0 aromatic rings. The molecule has 0 heterocycles. The van der Waals surface area contributed by atoms with Gasteiger partial charge in [-0.05, 0) is 128 Å². The third-order valence-electron chi connectivity index (χ3n) is 14.3. The van der Waals surface area contributed by atoms with Gasteiger partial charge in [-0.25, -0.2) is 0 Å². The SMILES string of the molecule is CC/C=C\C/C=C\C/C=C\C/C=C\C/C=C\C/C=C\C/C=C\C/C=C\C/C=C\C/C=C\CCCCCCC(=O)OCC(COC(=O)CCCCCCCCCCCCCCCCC)OC(=O)CCCCCCC/C=C\C/C=C\CCCCC. The lowest BCUT2D eigenvalue weighted by atomic mass is 10.0. The number of carbonyl (C=O) groups excluding carboxylic acids is 3. The molecule has 6 heteroatoms. The van der Waals surface area contributed by atoms with Gasteiger partial charge >= 0.3 is 17.9 Å². The summed E-state index contributed by atoms with van der Waals surface area (Å²) in [5.74, 6) is -0.928. The van der Waals surface area contributed by atoms with E-state index in [0.717, 1.165) is 161 Å². The lowest BCUT2D eigenvalue weighted by Crippen LogP contribution is -2.30. The molecule has 1 unspecified atom stereocenters. The standard InChI is InChI=1S/C77H126O6/c1-4-7-10-13-16-19-22-25-28-29-30-31-32-33-34-35-36-37-38-39-40-41-42-43-44-45-46-47-50-52-55-58-61-64-67-70-76(79)82-73-74(83-77(80)71-68-65-62-59-56-53-49-27-24-21-18-15-12-9-6-3)72-81-75(78)69-66-63-60-57-54-51-48-26-23-20-17-14-11-8-5-2/h7,10,16,18-19,21,25,27-28,30-31,33-34,36-37,39-40,42-43,45-46,49-50,52,74H,4-6,8-9,11-15,17,20,22-24,26,29,32,35,38,41,44,47-48,51,53-73H2,1-3H3/b10-7-,19-16-,21-18-,28-25-,31-30-,34-33-,37-36-,40-39-,43-42-,46-45-,49-27-,52-50-. The molecule has 0 aliphatic heterocycles. The summed E-state index contributed by atoms with van der Waals surface area (Å²) in [5.41, 5.74) is 0. The monoisotopic (exact) mass is 1150 g/mol. The Bertz CT molecular complexity index is 1800. The van der Waals surface area contributed by atoms with E-state index in [2.05, 4.69) is 167 Å². The van der Waals surface area contributed by atoms with Gasteiger partial charge in [0.2, 0.25) is 0 Å². The Kier molecular flexibility index (Phi) is 65.8. The molecule has 0 saturated carbocycles. The maximum absolute atomic E-state index is 12.9. The third kappa shape index (κ3) is 68.0. The van der Waals surface area contributed by atoms with Crippen LogP contribution in [0.25, 0.3) is 0 Å². The van der Waals surface area contributed by atoms with E-state index in [0.29, 0.717) is 19.3 Å². The van der Waals surface area contributed by atoms with Gasteiger partial charge in [-0.3, -0.25) is 14.4 Å². The average molecular weight is 1150 g/mol. The smallest absolute Gasteiger partial charge is 0.306 e. The molecule has 470 valence electrons. The van der Waals surface area contributed by atoms with Gasteiger partial charge in [-0.2, -0.15) is 0 Å². The summed E-state index contributed by atoms with van der Waals surface area (Å²) < 4.78 is 16.9. The number of hydrogen-bond donors (Lipinski definition) is 0. The Labute approximate surface area is 512 Å². The first-order valence-corrected chi connectivity index (χ1v) is 34.3. The Balaban J connectivity index is 4.34. The third-order valence-corrected chi connectivity index (χ3v) is 14.3. The largest absolute Gasteiger partial charge is 0.462 e. The molecule has 0 aromatic carbocycles. The molecule has 0 spiro atoms. The second kappa shape index (κ2) is 69.8. The van der Waals surface area contributed by atoms with Crippen molar-refractivity contribution in [2.24, 2.45) is 0 Å². The Morgan fingerprint density at radius 1 is 0.253 bits per heavy atom. The van der Waals surface area contributed by atoms with Crippen LogP contribution in [0.1, 0.15) is 303 Å². The first kappa shape index (κ1) is 78.3. The highest BCUT2D eigenvalue weighted by atomic mass is 16.6. The zero-order chi connectivity index (χ0) is 59.9. The summed E-state index contributed by atoms with van der Waals surface area (Å²) in [6, 6.07) is 0. The van der Waals surface area contributed by atoms with Crippen molar-refractivity contribution in [1.82, 2.24) is 0 Å². The molecule has 6 nitrogen and oxygen atoms in total. The molecule has 0 aromatic heterocycles. The molecule has 0 bridgehead atoms. The normalized spacial score (nSPS) is 13.0. The molecule has 0 fully saturated rings. The van der Waals surface area contributed by atoms with Crippen LogP contribution in [0.15, 0.2) is 146 Å². The topological polar surface area (TPSA) is 78.9 Å². The maximum Gasteiger partial charge on any atom is 0.306 e. The highest BCUT2D eigenvalue weighted by molar-refractivity contribution is 5.71. The number of esters is 3. The molecule has 0 N–H and O–H groups in total. The predicted octanol–water partition coefficient (Wildman–Crippen LogP) is 23.9. The van der Waals surface area contributed by atoms with E-state index in [1.807, 2.05) is 0 Å². The van der Waals surface area contributed by atoms with E-state index < -0.39 is 6.10 Å². The average Bonchev–Trinajstić information content (AvgIpc) is 3.49. The van der Waals surface area contributed by atoms with Crippen molar-refractivity contribution in [3.8, 4) is 0 Å². The Hall–Kier alpha value is -4.71. The summed E-state index contributed by atoms with van der Waals surface area (Å²) in [6.07, 6.45) is 100. The van der Waals surface area contributed by atoms with E-state index in [-0.39, 0.29) is 31.1 Å². The van der Waals surface area contributed by atoms with E-state index in [1.54, 1.807) is 0 Å². The van der Waals surface area contributed by atoms with Gasteiger partial charge in [0.25, 0.3) is 0 Å².